The number of aryl methyl sites for hydroxylation is 3. The molecular weight excluding hydrogens is 1440 g/mol. The molecule has 0 radical (unpaired) electrons. The van der Waals surface area contributed by atoms with Gasteiger partial charge in [-0.05, 0) is 143 Å². The SMILES string of the molecule is C/C(=N\O)c1ccc(-c2c(F)c(Cl)cc([C@H](C)c3nc(C)c4c(N)nccn34)c2OC(C)C)cn1.Cc1c(Cl)cc(C(C)c2nc(C)c3c(N)nccn23)c(OC(C)C)c1-c1ccc(C#N)nc1.Cc1nc([C@@H](C)c2cc(Cl)c(F)c(-c3ccc(C(=O)N4CCC(C)CC4)nc3)c2OC(C)C)n2ccnc(N)c12. The minimum atomic E-state index is -0.614. The Labute approximate surface area is 639 Å². The van der Waals surface area contributed by atoms with Crippen LogP contribution in [-0.2, 0) is 0 Å². The maximum absolute atomic E-state index is 15.8. The van der Waals surface area contributed by atoms with E-state index in [0.717, 1.165) is 80.3 Å². The Bertz CT molecular complexity index is 5440. The quantitative estimate of drug-likeness (QED) is 0.0374. The van der Waals surface area contributed by atoms with Gasteiger partial charge in [0.1, 0.15) is 91.9 Å². The molecule has 1 fully saturated rings. The first kappa shape index (κ1) is 78.0. The van der Waals surface area contributed by atoms with Gasteiger partial charge in [-0.3, -0.25) is 28.0 Å². The third kappa shape index (κ3) is 15.7. The third-order valence-electron chi connectivity index (χ3n) is 19.0. The molecule has 7 N–H and O–H groups in total. The summed E-state index contributed by atoms with van der Waals surface area (Å²) in [5, 5.41) is 21.9. The molecule has 3 atom stereocenters. The fraction of sp³-hybridized carbons (Fsp3) is 0.325. The highest BCUT2D eigenvalue weighted by Crippen LogP contribution is 2.48. The average Bonchev–Trinajstić information content (AvgIpc) is 1.41. The third-order valence-corrected chi connectivity index (χ3v) is 19.9. The Hall–Kier alpha value is -11.1. The van der Waals surface area contributed by atoms with E-state index in [1.54, 1.807) is 86.6 Å². The summed E-state index contributed by atoms with van der Waals surface area (Å²) in [5.74, 6) is 3.25. The molecule has 0 aliphatic carbocycles. The Morgan fingerprint density at radius 3 is 1.27 bits per heavy atom. The number of rotatable bonds is 17. The number of likely N-dealkylation sites (tertiary alicyclic amines) is 1. The van der Waals surface area contributed by atoms with Gasteiger partial charge in [0.15, 0.2) is 11.6 Å². The molecule has 0 bridgehead atoms. The van der Waals surface area contributed by atoms with Crippen molar-refractivity contribution in [3.63, 3.8) is 0 Å². The van der Waals surface area contributed by atoms with E-state index in [-0.39, 0.29) is 63.1 Å². The number of carbonyl (C=O) groups excluding carboxylic acids is 1. The molecule has 1 aliphatic rings. The number of nitriles is 1. The molecule has 1 aliphatic heterocycles. The molecule has 1 saturated heterocycles. The fourth-order valence-electron chi connectivity index (χ4n) is 13.5. The number of amides is 1. The normalized spacial score (nSPS) is 13.5. The molecule has 12 aromatic rings. The zero-order valence-corrected chi connectivity index (χ0v) is 64.9. The summed E-state index contributed by atoms with van der Waals surface area (Å²) in [6.45, 7) is 30.3. The van der Waals surface area contributed by atoms with E-state index in [1.807, 2.05) is 120 Å². The van der Waals surface area contributed by atoms with Crippen molar-refractivity contribution in [2.24, 2.45) is 11.1 Å². The molecule has 23 nitrogen and oxygen atoms in total. The van der Waals surface area contributed by atoms with Gasteiger partial charge >= 0.3 is 0 Å². The monoisotopic (exact) mass is 1520 g/mol. The van der Waals surface area contributed by atoms with Crippen LogP contribution in [0.3, 0.4) is 0 Å². The van der Waals surface area contributed by atoms with Gasteiger partial charge in [0.25, 0.3) is 5.91 Å². The second kappa shape index (κ2) is 32.6. The number of halogens is 5. The summed E-state index contributed by atoms with van der Waals surface area (Å²) in [7, 11) is 0. The summed E-state index contributed by atoms with van der Waals surface area (Å²) < 4.78 is 55.9. The smallest absolute Gasteiger partial charge is 0.272 e. The van der Waals surface area contributed by atoms with Crippen LogP contribution in [-0.4, -0.2) is 111 Å². The molecule has 1 unspecified atom stereocenters. The van der Waals surface area contributed by atoms with Crippen LogP contribution in [0, 0.1) is 56.6 Å². The number of nitrogen functional groups attached to an aromatic ring is 3. The highest BCUT2D eigenvalue weighted by Gasteiger charge is 2.33. The van der Waals surface area contributed by atoms with Gasteiger partial charge in [0, 0.05) is 131 Å². The van der Waals surface area contributed by atoms with Gasteiger partial charge in [-0.1, -0.05) is 79.8 Å². The first-order valence-electron chi connectivity index (χ1n) is 35.3. The molecule has 3 aromatic carbocycles. The van der Waals surface area contributed by atoms with Crippen molar-refractivity contribution >= 4 is 80.4 Å². The number of hydrogen-bond acceptors (Lipinski definition) is 19. The van der Waals surface area contributed by atoms with Crippen LogP contribution in [0.1, 0.15) is 185 Å². The standard InChI is InChI=1S/C30H34ClFN6O2.C25H26ClFN6O2.C25H25ClN6O/c1-16(2)40-27-21(18(4)29-36-19(5)26-28(33)34-10-13-38(26)29)14-22(31)25(32)24(27)20-6-7-23(35-15-20)30(39)37-11-8-17(3)9-12-37;1-12(2)35-23-17(13(3)25-31-15(5)22-24(28)29-8-9-33(22)25)10-18(26)21(27)20(23)16-6-7-19(30-11-16)14(4)32-34;1-13(2)33-23-19(14(3)25-31-16(5)22-24(28)29-8-9-32(22)25)10-20(26)15(4)21(23)17-6-7-18(11-27)30-12-17/h6-7,10,13-18H,8-9,11-12H2,1-5H3,(H2,33,34);6-13,34H,1-5H3,(H2,28,29);6-10,12-14H,1-5H3,(H2,28,29)/b;32-14+;/t18-;13-;/m00./s1. The number of fused-ring (bicyclic) bond motifs is 3. The van der Waals surface area contributed by atoms with Gasteiger partial charge in [-0.25, -0.2) is 43.7 Å². The first-order valence-corrected chi connectivity index (χ1v) is 36.5. The highest BCUT2D eigenvalue weighted by molar-refractivity contribution is 6.32. The van der Waals surface area contributed by atoms with Gasteiger partial charge < -0.3 is 41.5 Å². The van der Waals surface area contributed by atoms with E-state index in [2.05, 4.69) is 55.0 Å². The topological polar surface area (TPSA) is 312 Å². The van der Waals surface area contributed by atoms with Crippen LogP contribution >= 0.6 is 34.8 Å². The van der Waals surface area contributed by atoms with Crippen LogP contribution in [0.25, 0.3) is 49.9 Å². The van der Waals surface area contributed by atoms with Crippen molar-refractivity contribution in [1.82, 2.24) is 63.0 Å². The summed E-state index contributed by atoms with van der Waals surface area (Å²) in [4.78, 5) is 54.8. The molecule has 0 spiro atoms. The lowest BCUT2D eigenvalue weighted by Crippen LogP contribution is -2.38. The molecular formula is C80H85Cl3F2N18O5. The molecule has 28 heteroatoms. The predicted octanol–water partition coefficient (Wildman–Crippen LogP) is 17.4. The Balaban J connectivity index is 0.000000162. The van der Waals surface area contributed by atoms with Crippen molar-refractivity contribution in [1.29, 1.82) is 5.26 Å². The summed E-state index contributed by atoms with van der Waals surface area (Å²) in [6.07, 6.45) is 16.4. The van der Waals surface area contributed by atoms with Gasteiger partial charge in [0.05, 0.1) is 62.3 Å². The number of piperidine rings is 1. The van der Waals surface area contributed by atoms with Crippen molar-refractivity contribution in [3.05, 3.63) is 211 Å². The van der Waals surface area contributed by atoms with Gasteiger partial charge in [-0.15, -0.1) is 0 Å². The van der Waals surface area contributed by atoms with Crippen molar-refractivity contribution < 1.29 is 33.0 Å². The van der Waals surface area contributed by atoms with Crippen LogP contribution in [0.5, 0.6) is 17.2 Å². The van der Waals surface area contributed by atoms with Crippen molar-refractivity contribution in [2.75, 3.05) is 30.3 Å². The molecule has 0 saturated carbocycles. The molecule has 10 heterocycles. The summed E-state index contributed by atoms with van der Waals surface area (Å²) in [6, 6.07) is 17.4. The highest BCUT2D eigenvalue weighted by atomic mass is 35.5. The number of carbonyl (C=O) groups is 1. The summed E-state index contributed by atoms with van der Waals surface area (Å²) >= 11 is 19.6. The zero-order valence-electron chi connectivity index (χ0n) is 62.7. The number of benzene rings is 3. The van der Waals surface area contributed by atoms with Crippen LogP contribution in [0.4, 0.5) is 26.2 Å². The van der Waals surface area contributed by atoms with E-state index in [0.29, 0.717) is 110 Å². The number of imidazole rings is 3. The van der Waals surface area contributed by atoms with Crippen molar-refractivity contribution in [2.45, 2.75) is 153 Å². The lowest BCUT2D eigenvalue weighted by atomic mass is 9.91. The molecule has 108 heavy (non-hydrogen) atoms. The second-order valence-corrected chi connectivity index (χ2v) is 28.9. The Morgan fingerprint density at radius 2 is 0.917 bits per heavy atom. The van der Waals surface area contributed by atoms with E-state index >= 15 is 8.78 Å². The van der Waals surface area contributed by atoms with E-state index in [4.69, 9.17) is 91.6 Å². The van der Waals surface area contributed by atoms with E-state index in [1.165, 1.54) is 12.4 Å². The molecule has 13 rings (SSSR count). The Morgan fingerprint density at radius 1 is 0.556 bits per heavy atom. The van der Waals surface area contributed by atoms with Crippen LogP contribution in [0.2, 0.25) is 15.1 Å². The maximum atomic E-state index is 15.8. The van der Waals surface area contributed by atoms with Gasteiger partial charge in [0.2, 0.25) is 0 Å². The Kier molecular flexibility index (Phi) is 23.5. The molecule has 9 aromatic heterocycles. The second-order valence-electron chi connectivity index (χ2n) is 27.7. The molecule has 560 valence electrons. The van der Waals surface area contributed by atoms with Crippen molar-refractivity contribution in [3.8, 4) is 56.7 Å². The number of ether oxygens (including phenoxy) is 3. The number of hydrogen-bond donors (Lipinski definition) is 4. The minimum absolute atomic E-state index is 0.0469. The lowest BCUT2D eigenvalue weighted by molar-refractivity contribution is 0.0691. The minimum Gasteiger partial charge on any atom is -0.490 e. The number of oxime groups is 1. The number of nitrogens with two attached hydrogens (primary N) is 3. The van der Waals surface area contributed by atoms with Crippen LogP contribution < -0.4 is 31.4 Å². The number of pyridine rings is 3. The van der Waals surface area contributed by atoms with E-state index in [9.17, 15) is 4.79 Å². The summed E-state index contributed by atoms with van der Waals surface area (Å²) in [5.41, 5.74) is 30.5. The predicted molar refractivity (Wildman–Crippen MR) is 418 cm³/mol. The zero-order chi connectivity index (χ0) is 78.0. The largest absolute Gasteiger partial charge is 0.490 e. The average molecular weight is 1520 g/mol. The number of nitrogens with zero attached hydrogens (tertiary/aromatic N) is 15. The van der Waals surface area contributed by atoms with E-state index < -0.39 is 11.6 Å². The van der Waals surface area contributed by atoms with Crippen LogP contribution in [0.15, 0.2) is 116 Å². The number of aromatic nitrogens is 12. The van der Waals surface area contributed by atoms with Gasteiger partial charge in [-0.2, -0.15) is 5.26 Å². The number of anilines is 3. The molecule has 1 amide bonds. The fourth-order valence-corrected chi connectivity index (χ4v) is 14.2. The maximum Gasteiger partial charge on any atom is 0.272 e. The first-order chi connectivity index (χ1) is 51.4. The lowest BCUT2D eigenvalue weighted by Gasteiger charge is -2.30.